The summed E-state index contributed by atoms with van der Waals surface area (Å²) in [6.45, 7) is 4.14. The van der Waals surface area contributed by atoms with Crippen LogP contribution in [0, 0.1) is 13.8 Å². The minimum absolute atomic E-state index is 0.160. The van der Waals surface area contributed by atoms with Crippen molar-refractivity contribution >= 4 is 85.9 Å². The number of hydrogen-bond acceptors (Lipinski definition) is 11. The van der Waals surface area contributed by atoms with E-state index in [2.05, 4.69) is 40.8 Å². The molecule has 0 fully saturated rings. The van der Waals surface area contributed by atoms with E-state index in [0.717, 1.165) is 11.1 Å². The zero-order valence-electron chi connectivity index (χ0n) is 32.6. The molecule has 4 aromatic heterocycles. The molecule has 0 radical (unpaired) electrons. The fourth-order valence-corrected chi connectivity index (χ4v) is 6.57. The molecule has 304 valence electrons. The summed E-state index contributed by atoms with van der Waals surface area (Å²) in [7, 11) is 3.56. The number of nitrogens with one attached hydrogen (secondary N) is 2. The molecule has 0 atom stereocenters. The second kappa shape index (κ2) is 18.0. The quantitative estimate of drug-likeness (QED) is 0.112. The Morgan fingerprint density at radius 2 is 1.05 bits per heavy atom. The summed E-state index contributed by atoms with van der Waals surface area (Å²) in [5.41, 5.74) is 12.5. The Morgan fingerprint density at radius 3 is 1.53 bits per heavy atom. The molecule has 0 aliphatic rings. The van der Waals surface area contributed by atoms with Crippen molar-refractivity contribution in [2.75, 3.05) is 16.4 Å². The molecule has 0 aliphatic carbocycles. The molecule has 60 heavy (non-hydrogen) atoms. The number of fused-ring (bicyclic) bond motifs is 2. The average molecular weight is 865 g/mol. The van der Waals surface area contributed by atoms with E-state index in [4.69, 9.17) is 50.0 Å². The fourth-order valence-electron chi connectivity index (χ4n) is 6.08. The van der Waals surface area contributed by atoms with Gasteiger partial charge in [0.25, 0.3) is 11.8 Å². The molecular formula is C42H36Cl3N11O4. The van der Waals surface area contributed by atoms with Gasteiger partial charge in [0.05, 0.1) is 10.8 Å². The van der Waals surface area contributed by atoms with Gasteiger partial charge in [-0.15, -0.1) is 0 Å². The Hall–Kier alpha value is -6.81. The van der Waals surface area contributed by atoms with Crippen LogP contribution >= 0.6 is 34.8 Å². The third kappa shape index (κ3) is 9.39. The Morgan fingerprint density at radius 1 is 0.617 bits per heavy atom. The molecule has 0 bridgehead atoms. The van der Waals surface area contributed by atoms with Gasteiger partial charge in [-0.3, -0.25) is 9.59 Å². The van der Waals surface area contributed by atoms with E-state index in [9.17, 15) is 9.59 Å². The van der Waals surface area contributed by atoms with Crippen LogP contribution in [0.2, 0.25) is 15.2 Å². The molecule has 4 N–H and O–H groups in total. The van der Waals surface area contributed by atoms with Gasteiger partial charge in [0.1, 0.15) is 59.7 Å². The summed E-state index contributed by atoms with van der Waals surface area (Å²) in [5, 5.41) is 17.4. The van der Waals surface area contributed by atoms with E-state index >= 15 is 0 Å². The summed E-state index contributed by atoms with van der Waals surface area (Å²) < 4.78 is 15.2. The van der Waals surface area contributed by atoms with E-state index < -0.39 is 0 Å². The second-order valence-corrected chi connectivity index (χ2v) is 14.7. The number of rotatable bonds is 10. The van der Waals surface area contributed by atoms with E-state index in [0.29, 0.717) is 88.5 Å². The van der Waals surface area contributed by atoms with Crippen molar-refractivity contribution in [2.45, 2.75) is 27.1 Å². The number of nitrogens with zero attached hydrogens (tertiary/aromatic N) is 8. The Labute approximate surface area is 358 Å². The summed E-state index contributed by atoms with van der Waals surface area (Å²) in [5.74, 6) is 1.00. The summed E-state index contributed by atoms with van der Waals surface area (Å²) >= 11 is 18.0. The lowest BCUT2D eigenvalue weighted by atomic mass is 10.1. The topological polar surface area (TPSA) is 190 Å². The Balaban J connectivity index is 0.000000181. The number of nitrogens with two attached hydrogens (primary N) is 1. The van der Waals surface area contributed by atoms with Gasteiger partial charge in [0, 0.05) is 46.6 Å². The lowest BCUT2D eigenvalue weighted by molar-refractivity contribution is 0.101. The molecule has 0 saturated heterocycles. The molecule has 4 heterocycles. The predicted octanol–water partition coefficient (Wildman–Crippen LogP) is 8.55. The van der Waals surface area contributed by atoms with Crippen LogP contribution in [0.25, 0.3) is 22.1 Å². The van der Waals surface area contributed by atoms with Crippen LogP contribution in [-0.2, 0) is 27.3 Å². The SMILES string of the molecule is Cc1ccc(C(=O)Nc2ccc(Cl)cc2)cc1OCc1nn(C)c2ncnc(Cl)c12.Cc1ccc(C(=O)Nc2ccc(Cl)cc2)cc1OCc1nn(C)c2ncnc(N)c12. The first kappa shape index (κ1) is 41.4. The van der Waals surface area contributed by atoms with Crippen molar-refractivity contribution < 1.29 is 19.1 Å². The third-order valence-electron chi connectivity index (χ3n) is 9.20. The highest BCUT2D eigenvalue weighted by atomic mass is 35.5. The van der Waals surface area contributed by atoms with Gasteiger partial charge in [-0.1, -0.05) is 46.9 Å². The number of benzene rings is 4. The van der Waals surface area contributed by atoms with Crippen LogP contribution < -0.4 is 25.8 Å². The van der Waals surface area contributed by atoms with Crippen LogP contribution in [0.1, 0.15) is 43.2 Å². The zero-order valence-corrected chi connectivity index (χ0v) is 34.8. The minimum atomic E-state index is -0.248. The smallest absolute Gasteiger partial charge is 0.255 e. The third-order valence-corrected chi connectivity index (χ3v) is 9.99. The standard InChI is InChI=1S/C21H17Cl2N5O2.C21H19ClN6O2/c2*1-12-3-4-13(21(29)26-15-7-5-14(22)6-8-15)9-17(12)30-10-16-18-19(23)24-11-25-20(18)28(2)27-16/h3-9,11H,10H2,1-2H3,(H,26,29);3-9,11H,10H2,1-2H3,(H,26,29)(H2,23,24,25). The Bertz CT molecular complexity index is 2670. The lowest BCUT2D eigenvalue weighted by Crippen LogP contribution is -2.12. The van der Waals surface area contributed by atoms with Crippen molar-refractivity contribution in [1.82, 2.24) is 39.5 Å². The van der Waals surface area contributed by atoms with Gasteiger partial charge in [0.15, 0.2) is 11.3 Å². The van der Waals surface area contributed by atoms with Crippen LogP contribution in [0.4, 0.5) is 17.2 Å². The summed E-state index contributed by atoms with van der Waals surface area (Å²) in [6, 6.07) is 24.4. The van der Waals surface area contributed by atoms with Gasteiger partial charge in [-0.05, 0) is 97.8 Å². The Kier molecular flexibility index (Phi) is 12.4. The minimum Gasteiger partial charge on any atom is -0.487 e. The van der Waals surface area contributed by atoms with Crippen molar-refractivity contribution in [3.8, 4) is 11.5 Å². The lowest BCUT2D eigenvalue weighted by Gasteiger charge is -2.11. The van der Waals surface area contributed by atoms with Crippen molar-refractivity contribution in [2.24, 2.45) is 14.1 Å². The van der Waals surface area contributed by atoms with Crippen LogP contribution in [0.5, 0.6) is 11.5 Å². The molecule has 18 heteroatoms. The number of halogens is 3. The molecule has 0 saturated carbocycles. The maximum atomic E-state index is 12.6. The van der Waals surface area contributed by atoms with E-state index in [1.54, 1.807) is 96.3 Å². The fraction of sp³-hybridized carbons (Fsp3) is 0.143. The molecule has 8 aromatic rings. The number of aryl methyl sites for hydroxylation is 4. The number of aromatic nitrogens is 8. The first-order valence-electron chi connectivity index (χ1n) is 18.2. The highest BCUT2D eigenvalue weighted by Crippen LogP contribution is 2.28. The van der Waals surface area contributed by atoms with E-state index in [1.807, 2.05) is 26.0 Å². The largest absolute Gasteiger partial charge is 0.487 e. The van der Waals surface area contributed by atoms with Crippen LogP contribution in [-0.4, -0.2) is 51.3 Å². The van der Waals surface area contributed by atoms with Crippen molar-refractivity contribution in [3.63, 3.8) is 0 Å². The summed E-state index contributed by atoms with van der Waals surface area (Å²) in [6.07, 6.45) is 2.79. The molecule has 2 amide bonds. The highest BCUT2D eigenvalue weighted by molar-refractivity contribution is 6.34. The van der Waals surface area contributed by atoms with Gasteiger partial charge < -0.3 is 25.8 Å². The maximum absolute atomic E-state index is 12.6. The van der Waals surface area contributed by atoms with Crippen molar-refractivity contribution in [1.29, 1.82) is 0 Å². The van der Waals surface area contributed by atoms with E-state index in [1.165, 1.54) is 12.7 Å². The van der Waals surface area contributed by atoms with Gasteiger partial charge in [-0.25, -0.2) is 29.3 Å². The first-order chi connectivity index (χ1) is 28.8. The average Bonchev–Trinajstić information content (AvgIpc) is 3.75. The van der Waals surface area contributed by atoms with Crippen LogP contribution in [0.3, 0.4) is 0 Å². The number of ether oxygens (including phenoxy) is 2. The van der Waals surface area contributed by atoms with E-state index in [-0.39, 0.29) is 25.0 Å². The van der Waals surface area contributed by atoms with Crippen LogP contribution in [0.15, 0.2) is 97.6 Å². The molecule has 15 nitrogen and oxygen atoms in total. The molecule has 0 aliphatic heterocycles. The number of hydrogen-bond donors (Lipinski definition) is 3. The number of anilines is 3. The first-order valence-corrected chi connectivity index (χ1v) is 19.3. The molecule has 8 rings (SSSR count). The second-order valence-electron chi connectivity index (χ2n) is 13.4. The number of carbonyl (C=O) groups is 2. The maximum Gasteiger partial charge on any atom is 0.255 e. The van der Waals surface area contributed by atoms with Gasteiger partial charge >= 0.3 is 0 Å². The summed E-state index contributed by atoms with van der Waals surface area (Å²) in [4.78, 5) is 41.7. The number of amides is 2. The predicted molar refractivity (Wildman–Crippen MR) is 232 cm³/mol. The number of carbonyl (C=O) groups excluding carboxylic acids is 2. The van der Waals surface area contributed by atoms with Gasteiger partial charge in [-0.2, -0.15) is 10.2 Å². The number of nitrogen functional groups attached to an aromatic ring is 1. The molecule has 4 aromatic carbocycles. The van der Waals surface area contributed by atoms with Crippen molar-refractivity contribution in [3.05, 3.63) is 146 Å². The normalized spacial score (nSPS) is 10.9. The molecule has 0 unspecified atom stereocenters. The molecule has 0 spiro atoms. The highest BCUT2D eigenvalue weighted by Gasteiger charge is 2.18. The van der Waals surface area contributed by atoms with Gasteiger partial charge in [0.2, 0.25) is 0 Å². The molecular weight excluding hydrogens is 829 g/mol. The zero-order chi connectivity index (χ0) is 42.5. The monoisotopic (exact) mass is 863 g/mol.